The van der Waals surface area contributed by atoms with E-state index < -0.39 is 44.0 Å². The third-order valence-corrected chi connectivity index (χ3v) is 26.8. The molecule has 0 saturated heterocycles. The van der Waals surface area contributed by atoms with Crippen LogP contribution in [-0.4, -0.2) is 44.0 Å². The van der Waals surface area contributed by atoms with Crippen LogP contribution in [0.2, 0.25) is 0 Å². The molecule has 0 aliphatic carbocycles. The van der Waals surface area contributed by atoms with Gasteiger partial charge in [-0.25, -0.2) is 0 Å². The zero-order chi connectivity index (χ0) is 40.7. The predicted molar refractivity (Wildman–Crippen MR) is 263 cm³/mol. The Morgan fingerprint density at radius 2 is 0.267 bits per heavy atom. The second-order valence-corrected chi connectivity index (χ2v) is 29.0. The first-order valence-corrected chi connectivity index (χ1v) is 29.1. The summed E-state index contributed by atoms with van der Waals surface area (Å²) in [6.07, 6.45) is 0. The minimum atomic E-state index is -1.63. The van der Waals surface area contributed by atoms with Crippen molar-refractivity contribution in [2.45, 2.75) is 0 Å². The molecule has 2 nitrogen and oxygen atoms in total. The van der Waals surface area contributed by atoms with Crippen LogP contribution in [0.5, 0.6) is 0 Å². The van der Waals surface area contributed by atoms with E-state index in [1.54, 1.807) is 0 Å². The molecule has 0 aromatic heterocycles. The van der Waals surface area contributed by atoms with Crippen LogP contribution in [-0.2, 0) is 19.5 Å². The maximum absolute atomic E-state index is 7.25. The van der Waals surface area contributed by atoms with Gasteiger partial charge in [-0.15, -0.1) is 0 Å². The molecule has 6 heteroatoms. The summed E-state index contributed by atoms with van der Waals surface area (Å²) in [5, 5.41) is 0. The Hall–Kier alpha value is -5.12. The van der Waals surface area contributed by atoms with Gasteiger partial charge in [0, 0.05) is 19.5 Å². The van der Waals surface area contributed by atoms with Crippen molar-refractivity contribution in [2.24, 2.45) is 0 Å². The summed E-state index contributed by atoms with van der Waals surface area (Å²) in [6.45, 7) is 0. The fourth-order valence-electron chi connectivity index (χ4n) is 6.94. The summed E-state index contributed by atoms with van der Waals surface area (Å²) in [5.74, 6) is 0. The molecule has 0 fully saturated rings. The molecule has 9 aromatic carbocycles. The second-order valence-electron chi connectivity index (χ2n) is 13.4. The molecule has 0 unspecified atom stereocenters. The summed E-state index contributed by atoms with van der Waals surface area (Å²) >= 11 is -4.90. The normalized spacial score (nSPS) is 10.1. The van der Waals surface area contributed by atoms with Gasteiger partial charge < -0.3 is 10.5 Å². The van der Waals surface area contributed by atoms with Crippen molar-refractivity contribution in [3.63, 3.8) is 0 Å². The summed E-state index contributed by atoms with van der Waals surface area (Å²) in [5.41, 5.74) is 5.75. The number of nitroso groups, excluding NO2 is 1. The third-order valence-electron chi connectivity index (χ3n) is 9.56. The molecule has 0 amide bonds. The van der Waals surface area contributed by atoms with Gasteiger partial charge in [0.2, 0.25) is 0 Å². The minimum absolute atomic E-state index is 0. The predicted octanol–water partition coefficient (Wildman–Crippen LogP) is 6.13. The average Bonchev–Trinajstić information content (AvgIpc) is 3.34. The van der Waals surface area contributed by atoms with Gasteiger partial charge in [-0.05, 0) is 0 Å². The molecule has 0 heterocycles. The molecule has 0 N–H and O–H groups in total. The molecule has 0 saturated carbocycles. The van der Waals surface area contributed by atoms with E-state index in [9.17, 15) is 0 Å². The first-order valence-electron chi connectivity index (χ1n) is 19.6. The fourth-order valence-corrected chi connectivity index (χ4v) is 23.2. The zero-order valence-corrected chi connectivity index (χ0v) is 41.1. The van der Waals surface area contributed by atoms with Gasteiger partial charge in [-0.3, -0.25) is 0 Å². The summed E-state index contributed by atoms with van der Waals surface area (Å²) in [6, 6.07) is 98.4. The van der Waals surface area contributed by atoms with E-state index in [0.29, 0.717) is 0 Å². The molecule has 300 valence electrons. The van der Waals surface area contributed by atoms with Crippen molar-refractivity contribution in [2.75, 3.05) is 0 Å². The van der Waals surface area contributed by atoms with Crippen molar-refractivity contribution >= 4 is 83.1 Å². The molecular formula is C54H48As3NORh-. The van der Waals surface area contributed by atoms with E-state index in [2.05, 4.69) is 273 Å². The summed E-state index contributed by atoms with van der Waals surface area (Å²) in [7, 11) is 0. The molecule has 0 atom stereocenters. The van der Waals surface area contributed by atoms with E-state index >= 15 is 0 Å². The molecular weight excluding hydrogens is 1010 g/mol. The average molecular weight is 1050 g/mol. The molecule has 0 aliphatic heterocycles. The van der Waals surface area contributed by atoms with Crippen molar-refractivity contribution in [3.05, 3.63) is 283 Å². The van der Waals surface area contributed by atoms with E-state index in [4.69, 9.17) is 10.5 Å². The monoisotopic (exact) mass is 1050 g/mol. The number of nitrogens with zero attached hydrogens (tertiary/aromatic N) is 1. The van der Waals surface area contributed by atoms with Crippen molar-refractivity contribution in [3.8, 4) is 0 Å². The van der Waals surface area contributed by atoms with Gasteiger partial charge in [0.15, 0.2) is 0 Å². The van der Waals surface area contributed by atoms with Crippen LogP contribution in [0.25, 0.3) is 5.59 Å². The Balaban J connectivity index is 0.000000166. The standard InChI is InChI=1S/3C18H16As.NO.Rh/c3*1-4-10-16(11-5-1)19(17-12-6-2-7-13-17)18-14-8-3-9-15-18;1-2;/h3*1-15,19H;;/q;;;-1;. The maximum atomic E-state index is 7.25. The Bertz CT molecular complexity index is 1890. The summed E-state index contributed by atoms with van der Waals surface area (Å²) in [4.78, 5) is 7.25. The Morgan fingerprint density at radius 1 is 0.183 bits per heavy atom. The van der Waals surface area contributed by atoms with Gasteiger partial charge in [-0.2, -0.15) is 0 Å². The molecule has 0 spiro atoms. The molecule has 0 bridgehead atoms. The Morgan fingerprint density at radius 3 is 0.350 bits per heavy atom. The number of rotatable bonds is 9. The topological polar surface area (TPSA) is 39.4 Å². The fraction of sp³-hybridized carbons (Fsp3) is 0. The second kappa shape index (κ2) is 26.2. The molecule has 60 heavy (non-hydrogen) atoms. The van der Waals surface area contributed by atoms with Crippen molar-refractivity contribution in [1.29, 1.82) is 0 Å². The first kappa shape index (κ1) is 46.0. The Labute approximate surface area is 382 Å². The van der Waals surface area contributed by atoms with Crippen LogP contribution in [0.3, 0.4) is 0 Å². The van der Waals surface area contributed by atoms with Crippen LogP contribution in [0.4, 0.5) is 0 Å². The van der Waals surface area contributed by atoms with Crippen molar-refractivity contribution < 1.29 is 19.5 Å². The molecule has 4 radical (unpaired) electrons. The van der Waals surface area contributed by atoms with Gasteiger partial charge in [-0.1, -0.05) is 0 Å². The molecule has 9 rings (SSSR count). The van der Waals surface area contributed by atoms with Gasteiger partial charge in [0.1, 0.15) is 0 Å². The molecule has 0 aliphatic rings. The van der Waals surface area contributed by atoms with E-state index in [1.807, 2.05) is 0 Å². The van der Waals surface area contributed by atoms with E-state index in [1.165, 1.54) is 39.2 Å². The van der Waals surface area contributed by atoms with Crippen LogP contribution in [0.15, 0.2) is 273 Å². The van der Waals surface area contributed by atoms with Crippen LogP contribution < -0.4 is 39.2 Å². The molecule has 9 aromatic rings. The van der Waals surface area contributed by atoms with Crippen molar-refractivity contribution in [1.82, 2.24) is 0 Å². The first-order chi connectivity index (χ1) is 29.3. The number of benzene rings is 9. The van der Waals surface area contributed by atoms with Gasteiger partial charge in [0.05, 0.1) is 0 Å². The zero-order valence-electron chi connectivity index (χ0n) is 33.2. The number of hydrogen-bond acceptors (Lipinski definition) is 1. The Kier molecular flexibility index (Phi) is 20.0. The summed E-state index contributed by atoms with van der Waals surface area (Å²) < 4.78 is 13.5. The SMILES string of the molecule is [N-]=O.[Rh].c1ccc([AsH](c2ccccc2)c2ccccc2)cc1.c1ccc([AsH](c2ccccc2)c2ccccc2)cc1.c1ccc([AsH](c2ccccc2)c2ccccc2)cc1. The van der Waals surface area contributed by atoms with Gasteiger partial charge in [0.25, 0.3) is 0 Å². The van der Waals surface area contributed by atoms with E-state index in [0.717, 1.165) is 0 Å². The number of hydrogen-bond donors (Lipinski definition) is 0. The van der Waals surface area contributed by atoms with Crippen LogP contribution in [0.1, 0.15) is 0 Å². The third kappa shape index (κ3) is 13.4. The van der Waals surface area contributed by atoms with Gasteiger partial charge >= 0.3 is 356 Å². The van der Waals surface area contributed by atoms with Crippen LogP contribution >= 0.6 is 0 Å². The van der Waals surface area contributed by atoms with Crippen LogP contribution in [0, 0.1) is 4.91 Å². The van der Waals surface area contributed by atoms with E-state index in [-0.39, 0.29) is 19.5 Å². The quantitative estimate of drug-likeness (QED) is 0.161.